The van der Waals surface area contributed by atoms with Crippen LogP contribution in [0.15, 0.2) is 57.9 Å². The summed E-state index contributed by atoms with van der Waals surface area (Å²) in [4.78, 5) is 8.52. The van der Waals surface area contributed by atoms with Crippen LogP contribution in [-0.4, -0.2) is 22.9 Å². The van der Waals surface area contributed by atoms with Gasteiger partial charge in [0, 0.05) is 5.56 Å². The van der Waals surface area contributed by atoms with Crippen molar-refractivity contribution in [2.24, 2.45) is 4.99 Å². The molecule has 0 saturated heterocycles. The van der Waals surface area contributed by atoms with Crippen molar-refractivity contribution in [1.29, 1.82) is 0 Å². The van der Waals surface area contributed by atoms with E-state index in [0.717, 1.165) is 24.2 Å². The van der Waals surface area contributed by atoms with Crippen molar-refractivity contribution in [3.63, 3.8) is 0 Å². The second-order valence-electron chi connectivity index (χ2n) is 5.65. The average molecular weight is 371 g/mol. The monoisotopic (exact) mass is 370 g/mol. The van der Waals surface area contributed by atoms with E-state index in [1.54, 1.807) is 12.1 Å². The number of hydrogen-bond acceptors (Lipinski definition) is 5. The molecule has 0 saturated carbocycles. The standard InChI is InChI=1S/C20H19ClN2O3/c1-2-3-12-25-15-10-8-14(9-11-15)19-23-18(20(24)26-19)13-22-17-7-5-4-6-16(17)21/h4-11,13,24H,2-3,12H2,1H3. The van der Waals surface area contributed by atoms with Crippen molar-refractivity contribution in [1.82, 2.24) is 4.98 Å². The molecule has 26 heavy (non-hydrogen) atoms. The number of oxazole rings is 1. The van der Waals surface area contributed by atoms with Gasteiger partial charge in [0.25, 0.3) is 0 Å². The number of para-hydroxylation sites is 1. The highest BCUT2D eigenvalue weighted by Gasteiger charge is 2.12. The van der Waals surface area contributed by atoms with Gasteiger partial charge in [0.2, 0.25) is 5.89 Å². The van der Waals surface area contributed by atoms with E-state index in [-0.39, 0.29) is 11.6 Å². The van der Waals surface area contributed by atoms with Crippen molar-refractivity contribution >= 4 is 23.5 Å². The van der Waals surface area contributed by atoms with Crippen LogP contribution >= 0.6 is 11.6 Å². The third-order valence-corrected chi connectivity index (χ3v) is 4.00. The quantitative estimate of drug-likeness (QED) is 0.432. The Bertz CT molecular complexity index is 888. The fourth-order valence-corrected chi connectivity index (χ4v) is 2.43. The molecule has 1 aromatic heterocycles. The van der Waals surface area contributed by atoms with E-state index in [2.05, 4.69) is 16.9 Å². The first-order chi connectivity index (χ1) is 12.7. The van der Waals surface area contributed by atoms with E-state index >= 15 is 0 Å². The lowest BCUT2D eigenvalue weighted by Crippen LogP contribution is -1.95. The first-order valence-corrected chi connectivity index (χ1v) is 8.77. The molecular weight excluding hydrogens is 352 g/mol. The number of benzene rings is 2. The van der Waals surface area contributed by atoms with E-state index in [4.69, 9.17) is 20.8 Å². The first-order valence-electron chi connectivity index (χ1n) is 8.39. The molecule has 0 aliphatic heterocycles. The van der Waals surface area contributed by atoms with Crippen LogP contribution in [0.3, 0.4) is 0 Å². The molecule has 3 aromatic rings. The molecule has 0 unspecified atom stereocenters. The maximum absolute atomic E-state index is 9.96. The van der Waals surface area contributed by atoms with E-state index in [1.807, 2.05) is 36.4 Å². The smallest absolute Gasteiger partial charge is 0.312 e. The zero-order valence-electron chi connectivity index (χ0n) is 14.4. The van der Waals surface area contributed by atoms with Crippen LogP contribution in [0, 0.1) is 0 Å². The molecule has 1 N–H and O–H groups in total. The number of rotatable bonds is 7. The lowest BCUT2D eigenvalue weighted by Gasteiger charge is -2.05. The molecule has 0 radical (unpaired) electrons. The molecule has 0 bridgehead atoms. The Labute approximate surface area is 156 Å². The van der Waals surface area contributed by atoms with Crippen molar-refractivity contribution in [3.8, 4) is 23.1 Å². The van der Waals surface area contributed by atoms with Gasteiger partial charge in [-0.15, -0.1) is 0 Å². The third kappa shape index (κ3) is 4.43. The normalized spacial score (nSPS) is 11.2. The highest BCUT2D eigenvalue weighted by molar-refractivity contribution is 6.33. The molecule has 3 rings (SSSR count). The fraction of sp³-hybridized carbons (Fsp3) is 0.200. The molecule has 0 aliphatic carbocycles. The van der Waals surface area contributed by atoms with Gasteiger partial charge in [0.1, 0.15) is 5.75 Å². The van der Waals surface area contributed by atoms with E-state index in [9.17, 15) is 5.11 Å². The maximum atomic E-state index is 9.96. The minimum atomic E-state index is -0.293. The summed E-state index contributed by atoms with van der Waals surface area (Å²) in [6, 6.07) is 14.5. The topological polar surface area (TPSA) is 67.9 Å². The summed E-state index contributed by atoms with van der Waals surface area (Å²) < 4.78 is 11.0. The second kappa shape index (κ2) is 8.54. The molecule has 0 aliphatic rings. The van der Waals surface area contributed by atoms with Crippen LogP contribution in [0.4, 0.5) is 5.69 Å². The van der Waals surface area contributed by atoms with Gasteiger partial charge in [-0.3, -0.25) is 4.99 Å². The lowest BCUT2D eigenvalue weighted by atomic mass is 10.2. The van der Waals surface area contributed by atoms with E-state index in [1.165, 1.54) is 6.21 Å². The number of hydrogen-bond donors (Lipinski definition) is 1. The minimum Gasteiger partial charge on any atom is -0.494 e. The predicted molar refractivity (Wildman–Crippen MR) is 103 cm³/mol. The summed E-state index contributed by atoms with van der Waals surface area (Å²) in [6.07, 6.45) is 3.53. The number of aromatic nitrogens is 1. The Balaban J connectivity index is 1.74. The molecule has 0 atom stereocenters. The van der Waals surface area contributed by atoms with Crippen molar-refractivity contribution in [2.45, 2.75) is 19.8 Å². The molecule has 134 valence electrons. The zero-order chi connectivity index (χ0) is 18.4. The predicted octanol–water partition coefficient (Wildman–Crippen LogP) is 5.63. The summed E-state index contributed by atoms with van der Waals surface area (Å²) in [7, 11) is 0. The maximum Gasteiger partial charge on any atom is 0.312 e. The third-order valence-electron chi connectivity index (χ3n) is 3.68. The molecule has 1 heterocycles. The van der Waals surface area contributed by atoms with E-state index < -0.39 is 0 Å². The first kappa shape index (κ1) is 18.0. The molecule has 0 spiro atoms. The van der Waals surface area contributed by atoms with Crippen LogP contribution in [0.2, 0.25) is 5.02 Å². The molecule has 6 heteroatoms. The number of halogens is 1. The van der Waals surface area contributed by atoms with Gasteiger partial charge in [-0.1, -0.05) is 37.1 Å². The molecule has 0 fully saturated rings. The Hall–Kier alpha value is -2.79. The Morgan fingerprint density at radius 2 is 1.96 bits per heavy atom. The largest absolute Gasteiger partial charge is 0.494 e. The van der Waals surface area contributed by atoms with Crippen LogP contribution in [0.25, 0.3) is 11.5 Å². The highest BCUT2D eigenvalue weighted by Crippen LogP contribution is 2.28. The highest BCUT2D eigenvalue weighted by atomic mass is 35.5. The molecule has 2 aromatic carbocycles. The summed E-state index contributed by atoms with van der Waals surface area (Å²) in [5.74, 6) is 0.806. The van der Waals surface area contributed by atoms with E-state index in [0.29, 0.717) is 23.2 Å². The number of aromatic hydroxyl groups is 1. The van der Waals surface area contributed by atoms with Gasteiger partial charge in [0.05, 0.1) is 23.5 Å². The average Bonchev–Trinajstić information content (AvgIpc) is 3.03. The van der Waals surface area contributed by atoms with Gasteiger partial charge < -0.3 is 14.3 Å². The minimum absolute atomic E-state index is 0.239. The molecular formula is C20H19ClN2O3. The summed E-state index contributed by atoms with van der Waals surface area (Å²) in [5.41, 5.74) is 1.57. The van der Waals surface area contributed by atoms with Crippen molar-refractivity contribution < 1.29 is 14.3 Å². The van der Waals surface area contributed by atoms with Gasteiger partial charge in [0.15, 0.2) is 5.69 Å². The zero-order valence-corrected chi connectivity index (χ0v) is 15.1. The van der Waals surface area contributed by atoms with Gasteiger partial charge >= 0.3 is 5.95 Å². The summed E-state index contributed by atoms with van der Waals surface area (Å²) >= 11 is 6.06. The fourth-order valence-electron chi connectivity index (χ4n) is 2.25. The lowest BCUT2D eigenvalue weighted by molar-refractivity contribution is 0.309. The molecule has 0 amide bonds. The van der Waals surface area contributed by atoms with Gasteiger partial charge in [-0.2, -0.15) is 0 Å². The van der Waals surface area contributed by atoms with Gasteiger partial charge in [-0.05, 0) is 42.8 Å². The SMILES string of the molecule is CCCCOc1ccc(-c2nc(C=Nc3ccccc3Cl)c(O)o2)cc1. The second-order valence-corrected chi connectivity index (χ2v) is 6.05. The number of ether oxygens (including phenoxy) is 1. The van der Waals surface area contributed by atoms with Gasteiger partial charge in [-0.25, -0.2) is 4.98 Å². The Kier molecular flexibility index (Phi) is 5.92. The number of nitrogens with zero attached hydrogens (tertiary/aromatic N) is 2. The van der Waals surface area contributed by atoms with Crippen molar-refractivity contribution in [3.05, 3.63) is 59.2 Å². The van der Waals surface area contributed by atoms with Crippen LogP contribution < -0.4 is 4.74 Å². The summed E-state index contributed by atoms with van der Waals surface area (Å²) in [6.45, 7) is 2.81. The van der Waals surface area contributed by atoms with Crippen molar-refractivity contribution in [2.75, 3.05) is 6.61 Å². The number of unbranched alkanes of at least 4 members (excludes halogenated alkanes) is 1. The molecule has 5 nitrogen and oxygen atoms in total. The van der Waals surface area contributed by atoms with Crippen LogP contribution in [-0.2, 0) is 0 Å². The van der Waals surface area contributed by atoms with Crippen LogP contribution in [0.5, 0.6) is 11.7 Å². The summed E-state index contributed by atoms with van der Waals surface area (Å²) in [5, 5.41) is 10.5. The number of aliphatic imine (C=N–C) groups is 1. The van der Waals surface area contributed by atoms with Crippen LogP contribution in [0.1, 0.15) is 25.5 Å². The Morgan fingerprint density at radius 3 is 2.69 bits per heavy atom. The Morgan fingerprint density at radius 1 is 1.19 bits per heavy atom.